The topological polar surface area (TPSA) is 116 Å². The number of nitrogens with one attached hydrogen (secondary N) is 1. The van der Waals surface area contributed by atoms with E-state index in [4.69, 9.17) is 4.74 Å². The Balaban J connectivity index is 2.80. The highest BCUT2D eigenvalue weighted by Gasteiger charge is 2.38. The van der Waals surface area contributed by atoms with Crippen LogP contribution in [0.5, 0.6) is 0 Å². The average Bonchev–Trinajstić information content (AvgIpc) is 2.70. The van der Waals surface area contributed by atoms with Crippen LogP contribution in [0.2, 0.25) is 0 Å². The van der Waals surface area contributed by atoms with Crippen molar-refractivity contribution >= 4 is 24.0 Å². The minimum Gasteiger partial charge on any atom is -0.478 e. The van der Waals surface area contributed by atoms with Gasteiger partial charge in [0.15, 0.2) is 0 Å². The molecular weight excluding hydrogens is 412 g/mol. The number of carboxylic acids is 2. The lowest BCUT2D eigenvalue weighted by atomic mass is 9.78. The van der Waals surface area contributed by atoms with Crippen molar-refractivity contribution in [3.05, 3.63) is 63.5 Å². The summed E-state index contributed by atoms with van der Waals surface area (Å²) in [5.41, 5.74) is 2.21. The van der Waals surface area contributed by atoms with Crippen LogP contribution in [0.4, 0.5) is 0 Å². The second-order valence-electron chi connectivity index (χ2n) is 7.71. The van der Waals surface area contributed by atoms with Crippen molar-refractivity contribution in [1.29, 1.82) is 0 Å². The third kappa shape index (κ3) is 5.45. The average molecular weight is 443 g/mol. The number of carbonyl (C=O) groups is 3. The Bertz CT molecular complexity index is 1000. The summed E-state index contributed by atoms with van der Waals surface area (Å²) in [7, 11) is 3.61. The highest BCUT2D eigenvalue weighted by Crippen LogP contribution is 2.40. The van der Waals surface area contributed by atoms with Crippen LogP contribution in [-0.4, -0.2) is 60.3 Å². The molecule has 0 saturated carbocycles. The minimum atomic E-state index is -1.21. The van der Waals surface area contributed by atoms with Gasteiger partial charge in [0.25, 0.3) is 0 Å². The van der Waals surface area contributed by atoms with Gasteiger partial charge in [0.2, 0.25) is 0 Å². The smallest absolute Gasteiger partial charge is 0.334 e. The number of hydrogen-bond donors (Lipinski definition) is 3. The number of hydrogen-bond acceptors (Lipinski definition) is 6. The van der Waals surface area contributed by atoms with Crippen LogP contribution in [0.15, 0.2) is 52.4 Å². The molecule has 1 aliphatic rings. The zero-order chi connectivity index (χ0) is 24.0. The molecule has 0 saturated heterocycles. The molecule has 1 aliphatic heterocycles. The van der Waals surface area contributed by atoms with Gasteiger partial charge in [0.05, 0.1) is 23.7 Å². The molecule has 0 spiro atoms. The van der Waals surface area contributed by atoms with Gasteiger partial charge in [0.1, 0.15) is 0 Å². The number of nitrogens with zero attached hydrogens (tertiary/aromatic N) is 1. The van der Waals surface area contributed by atoms with E-state index >= 15 is 0 Å². The molecule has 32 heavy (non-hydrogen) atoms. The third-order valence-electron chi connectivity index (χ3n) is 5.14. The fourth-order valence-corrected chi connectivity index (χ4v) is 3.81. The van der Waals surface area contributed by atoms with E-state index in [2.05, 4.69) is 5.32 Å². The lowest BCUT2D eigenvalue weighted by Crippen LogP contribution is -2.36. The maximum atomic E-state index is 12.4. The van der Waals surface area contributed by atoms with Crippen molar-refractivity contribution < 1.29 is 29.3 Å². The zero-order valence-corrected chi connectivity index (χ0v) is 19.1. The van der Waals surface area contributed by atoms with Crippen LogP contribution in [0.1, 0.15) is 44.2 Å². The molecule has 0 aliphatic carbocycles. The maximum Gasteiger partial charge on any atom is 0.334 e. The maximum absolute atomic E-state index is 12.4. The van der Waals surface area contributed by atoms with Crippen LogP contribution < -0.4 is 5.32 Å². The van der Waals surface area contributed by atoms with Crippen molar-refractivity contribution in [2.45, 2.75) is 33.1 Å². The molecular formula is C24H30N2O6. The Hall–Kier alpha value is -3.39. The molecule has 8 nitrogen and oxygen atoms in total. The van der Waals surface area contributed by atoms with Crippen molar-refractivity contribution in [3.8, 4) is 0 Å². The van der Waals surface area contributed by atoms with Crippen LogP contribution in [-0.2, 0) is 19.1 Å². The first-order valence-corrected chi connectivity index (χ1v) is 10.4. The van der Waals surface area contributed by atoms with Crippen LogP contribution >= 0.6 is 0 Å². The molecule has 1 aromatic carbocycles. The van der Waals surface area contributed by atoms with E-state index in [-0.39, 0.29) is 17.8 Å². The van der Waals surface area contributed by atoms with Crippen molar-refractivity contribution in [1.82, 2.24) is 10.2 Å². The van der Waals surface area contributed by atoms with Crippen LogP contribution in [0.3, 0.4) is 0 Å². The predicted molar refractivity (Wildman–Crippen MR) is 121 cm³/mol. The number of dihydropyridines is 1. The van der Waals surface area contributed by atoms with Gasteiger partial charge in [-0.3, -0.25) is 0 Å². The lowest BCUT2D eigenvalue weighted by Gasteiger charge is -2.32. The molecule has 0 radical (unpaired) electrons. The molecule has 0 bridgehead atoms. The first kappa shape index (κ1) is 24.9. The number of ether oxygens (including phenoxy) is 1. The Kier molecular flexibility index (Phi) is 8.37. The van der Waals surface area contributed by atoms with Crippen molar-refractivity contribution in [3.63, 3.8) is 0 Å². The Morgan fingerprint density at radius 3 is 2.25 bits per heavy atom. The number of likely N-dealkylation sites (N-methyl/N-ethyl adjacent to an activating group) is 1. The normalized spacial score (nSPS) is 16.8. The summed E-state index contributed by atoms with van der Waals surface area (Å²) >= 11 is 0. The SMILES string of the molecule is CCOC(=O)/C(=C/c1ccccc1C1C(C(=O)O)=C(C)NC(CN(C)C)=C1C(=O)O)CC. The van der Waals surface area contributed by atoms with E-state index in [1.54, 1.807) is 58.3 Å². The first-order chi connectivity index (χ1) is 15.1. The van der Waals surface area contributed by atoms with Gasteiger partial charge in [0, 0.05) is 23.5 Å². The largest absolute Gasteiger partial charge is 0.478 e. The van der Waals surface area contributed by atoms with E-state index in [0.717, 1.165) is 0 Å². The second kappa shape index (κ2) is 10.8. The van der Waals surface area contributed by atoms with Gasteiger partial charge in [-0.05, 0) is 51.6 Å². The summed E-state index contributed by atoms with van der Waals surface area (Å²) in [4.78, 5) is 38.7. The molecule has 2 rings (SSSR count). The van der Waals surface area contributed by atoms with E-state index in [9.17, 15) is 24.6 Å². The highest BCUT2D eigenvalue weighted by atomic mass is 16.5. The molecule has 172 valence electrons. The third-order valence-corrected chi connectivity index (χ3v) is 5.14. The summed E-state index contributed by atoms with van der Waals surface area (Å²) in [6.07, 6.45) is 2.06. The Labute approximate surface area is 187 Å². The summed E-state index contributed by atoms with van der Waals surface area (Å²) in [5.74, 6) is -3.88. The second-order valence-corrected chi connectivity index (χ2v) is 7.71. The molecule has 1 heterocycles. The number of aliphatic carboxylic acids is 2. The lowest BCUT2D eigenvalue weighted by molar-refractivity contribution is -0.138. The predicted octanol–water partition coefficient (Wildman–Crippen LogP) is 2.99. The Morgan fingerprint density at radius 2 is 1.72 bits per heavy atom. The number of rotatable bonds is 9. The summed E-state index contributed by atoms with van der Waals surface area (Å²) in [6, 6.07) is 6.93. The molecule has 0 aromatic heterocycles. The number of carboxylic acid groups (broad SMARTS) is 2. The summed E-state index contributed by atoms with van der Waals surface area (Å²) in [6.45, 7) is 5.69. The van der Waals surface area contributed by atoms with Crippen molar-refractivity contribution in [2.75, 3.05) is 27.2 Å². The first-order valence-electron chi connectivity index (χ1n) is 10.4. The molecule has 1 aromatic rings. The van der Waals surface area contributed by atoms with E-state index in [0.29, 0.717) is 41.1 Å². The fraction of sp³-hybridized carbons (Fsp3) is 0.375. The Morgan fingerprint density at radius 1 is 1.09 bits per heavy atom. The van der Waals surface area contributed by atoms with E-state index in [1.807, 2.05) is 11.8 Å². The summed E-state index contributed by atoms with van der Waals surface area (Å²) in [5, 5.41) is 23.0. The highest BCUT2D eigenvalue weighted by molar-refractivity contribution is 5.99. The molecule has 1 atom stereocenters. The zero-order valence-electron chi connectivity index (χ0n) is 19.1. The van der Waals surface area contributed by atoms with Crippen LogP contribution in [0.25, 0.3) is 6.08 Å². The molecule has 0 amide bonds. The monoisotopic (exact) mass is 442 g/mol. The molecule has 1 unspecified atom stereocenters. The van der Waals surface area contributed by atoms with Gasteiger partial charge in [-0.15, -0.1) is 0 Å². The number of benzene rings is 1. The van der Waals surface area contributed by atoms with Gasteiger partial charge in [-0.1, -0.05) is 31.2 Å². The summed E-state index contributed by atoms with van der Waals surface area (Å²) < 4.78 is 5.12. The van der Waals surface area contributed by atoms with Gasteiger partial charge in [-0.25, -0.2) is 14.4 Å². The molecule has 8 heteroatoms. The molecule has 0 fully saturated rings. The van der Waals surface area contributed by atoms with Crippen molar-refractivity contribution in [2.24, 2.45) is 0 Å². The number of carbonyl (C=O) groups excluding carboxylic acids is 1. The van der Waals surface area contributed by atoms with E-state index < -0.39 is 23.8 Å². The number of esters is 1. The number of allylic oxidation sites excluding steroid dienone is 1. The standard InChI is InChI=1S/C24H30N2O6/c1-6-15(24(31)32-7-2)12-16-10-8-9-11-17(16)20-19(22(27)28)14(3)25-18(13-26(4)5)21(20)23(29)30/h8-12,20,25H,6-7,13H2,1-5H3,(H,27,28)(H,29,30)/b15-12+. The minimum absolute atomic E-state index is 0.0308. The van der Waals surface area contributed by atoms with Gasteiger partial charge < -0.3 is 25.2 Å². The van der Waals surface area contributed by atoms with Crippen LogP contribution in [0, 0.1) is 0 Å². The quantitative estimate of drug-likeness (QED) is 0.395. The van der Waals surface area contributed by atoms with E-state index in [1.165, 1.54) is 0 Å². The fourth-order valence-electron chi connectivity index (χ4n) is 3.81. The van der Waals surface area contributed by atoms with Gasteiger partial charge >= 0.3 is 17.9 Å². The molecule has 3 N–H and O–H groups in total. The van der Waals surface area contributed by atoms with Gasteiger partial charge in [-0.2, -0.15) is 0 Å².